The van der Waals surface area contributed by atoms with Crippen LogP contribution in [0.5, 0.6) is 0 Å². The Labute approximate surface area is 72.1 Å². The first-order valence-corrected chi connectivity index (χ1v) is 4.37. The number of hydrogen-bond acceptors (Lipinski definition) is 2. The highest BCUT2D eigenvalue weighted by atomic mass is 35.5. The van der Waals surface area contributed by atoms with Crippen LogP contribution in [0.25, 0.3) is 0 Å². The van der Waals surface area contributed by atoms with E-state index in [0.29, 0.717) is 18.6 Å². The number of halogens is 1. The Morgan fingerprint density at radius 1 is 1.55 bits per heavy atom. The fraction of sp³-hybridized carbons (Fsp3) is 0.750. The van der Waals surface area contributed by atoms with Crippen LogP contribution in [0.3, 0.4) is 0 Å². The average Bonchev–Trinajstić information content (AvgIpc) is 2.50. The largest absolute Gasteiger partial charge is 0.379 e. The predicted molar refractivity (Wildman–Crippen MR) is 45.0 cm³/mol. The molecule has 1 fully saturated rings. The van der Waals surface area contributed by atoms with Gasteiger partial charge in [0.25, 0.3) is 0 Å². The molecule has 0 aromatic rings. The highest BCUT2D eigenvalue weighted by molar-refractivity contribution is 6.18. The standard InChI is InChI=1S/C8H13ClO2/c9-4-1-2-5-11-8-3-6-10-7-8/h1-2,8H,3-7H2. The van der Waals surface area contributed by atoms with E-state index >= 15 is 0 Å². The monoisotopic (exact) mass is 176 g/mol. The fourth-order valence-corrected chi connectivity index (χ4v) is 1.09. The molecule has 0 spiro atoms. The first kappa shape index (κ1) is 9.04. The minimum Gasteiger partial charge on any atom is -0.379 e. The molecule has 0 aromatic heterocycles. The summed E-state index contributed by atoms with van der Waals surface area (Å²) in [7, 11) is 0. The Morgan fingerprint density at radius 3 is 3.09 bits per heavy atom. The van der Waals surface area contributed by atoms with E-state index in [1.54, 1.807) is 0 Å². The lowest BCUT2D eigenvalue weighted by Crippen LogP contribution is -2.11. The van der Waals surface area contributed by atoms with Crippen LogP contribution >= 0.6 is 11.6 Å². The quantitative estimate of drug-likeness (QED) is 0.479. The molecule has 0 N–H and O–H groups in total. The SMILES string of the molecule is ClCC=CCOC1CCOC1. The highest BCUT2D eigenvalue weighted by Gasteiger charge is 2.14. The van der Waals surface area contributed by atoms with Crippen molar-refractivity contribution in [3.8, 4) is 0 Å². The van der Waals surface area contributed by atoms with Crippen molar-refractivity contribution in [1.82, 2.24) is 0 Å². The van der Waals surface area contributed by atoms with E-state index in [2.05, 4.69) is 0 Å². The average molecular weight is 177 g/mol. The minimum absolute atomic E-state index is 0.301. The fourth-order valence-electron chi connectivity index (χ4n) is 0.967. The summed E-state index contributed by atoms with van der Waals surface area (Å²) in [6.45, 7) is 2.24. The van der Waals surface area contributed by atoms with Crippen molar-refractivity contribution in [3.63, 3.8) is 0 Å². The zero-order chi connectivity index (χ0) is 7.94. The molecule has 0 aliphatic carbocycles. The van der Waals surface area contributed by atoms with E-state index in [0.717, 1.165) is 19.6 Å². The summed E-state index contributed by atoms with van der Waals surface area (Å²) in [5.41, 5.74) is 0. The molecule has 64 valence electrons. The number of allylic oxidation sites excluding steroid dienone is 1. The summed E-state index contributed by atoms with van der Waals surface area (Å²) < 4.78 is 10.6. The van der Waals surface area contributed by atoms with Crippen LogP contribution in [-0.2, 0) is 9.47 Å². The lowest BCUT2D eigenvalue weighted by Gasteiger charge is -2.05. The Kier molecular flexibility index (Phi) is 4.59. The normalized spacial score (nSPS) is 25.0. The van der Waals surface area contributed by atoms with Crippen LogP contribution in [0, 0.1) is 0 Å². The maximum absolute atomic E-state index is 5.43. The molecule has 1 heterocycles. The molecule has 1 saturated heterocycles. The molecule has 3 heteroatoms. The van der Waals surface area contributed by atoms with E-state index < -0.39 is 0 Å². The van der Waals surface area contributed by atoms with Gasteiger partial charge < -0.3 is 9.47 Å². The van der Waals surface area contributed by atoms with Gasteiger partial charge in [0.05, 0.1) is 19.3 Å². The summed E-state index contributed by atoms with van der Waals surface area (Å²) >= 11 is 5.43. The van der Waals surface area contributed by atoms with Crippen molar-refractivity contribution in [3.05, 3.63) is 12.2 Å². The maximum Gasteiger partial charge on any atom is 0.0834 e. The van der Waals surface area contributed by atoms with Gasteiger partial charge in [-0.2, -0.15) is 0 Å². The summed E-state index contributed by atoms with van der Waals surface area (Å²) in [6.07, 6.45) is 5.15. The van der Waals surface area contributed by atoms with Crippen LogP contribution in [-0.4, -0.2) is 31.8 Å². The van der Waals surface area contributed by atoms with Gasteiger partial charge in [0.1, 0.15) is 0 Å². The first-order chi connectivity index (χ1) is 5.43. The molecule has 0 aromatic carbocycles. The number of hydrogen-bond donors (Lipinski definition) is 0. The van der Waals surface area contributed by atoms with Crippen molar-refractivity contribution < 1.29 is 9.47 Å². The molecule has 0 radical (unpaired) electrons. The molecular weight excluding hydrogens is 164 g/mol. The predicted octanol–water partition coefficient (Wildman–Crippen LogP) is 1.59. The van der Waals surface area contributed by atoms with Gasteiger partial charge >= 0.3 is 0 Å². The second-order valence-corrected chi connectivity index (χ2v) is 2.75. The van der Waals surface area contributed by atoms with Crippen molar-refractivity contribution in [2.75, 3.05) is 25.7 Å². The zero-order valence-corrected chi connectivity index (χ0v) is 7.22. The summed E-state index contributed by atoms with van der Waals surface area (Å²) in [5, 5.41) is 0. The van der Waals surface area contributed by atoms with E-state index in [1.165, 1.54) is 0 Å². The molecule has 0 amide bonds. The Bertz CT molecular complexity index is 119. The van der Waals surface area contributed by atoms with E-state index in [-0.39, 0.29) is 0 Å². The molecule has 1 unspecified atom stereocenters. The minimum atomic E-state index is 0.301. The third-order valence-corrected chi connectivity index (χ3v) is 1.75. The topological polar surface area (TPSA) is 18.5 Å². The number of rotatable bonds is 4. The molecule has 11 heavy (non-hydrogen) atoms. The van der Waals surface area contributed by atoms with Gasteiger partial charge in [0, 0.05) is 12.5 Å². The van der Waals surface area contributed by atoms with Crippen molar-refractivity contribution >= 4 is 11.6 Å². The van der Waals surface area contributed by atoms with Gasteiger partial charge in [-0.15, -0.1) is 11.6 Å². The lowest BCUT2D eigenvalue weighted by molar-refractivity contribution is 0.0602. The van der Waals surface area contributed by atoms with E-state index in [9.17, 15) is 0 Å². The van der Waals surface area contributed by atoms with Crippen LogP contribution in [0.1, 0.15) is 6.42 Å². The van der Waals surface area contributed by atoms with E-state index in [4.69, 9.17) is 21.1 Å². The molecule has 0 bridgehead atoms. The summed E-state index contributed by atoms with van der Waals surface area (Å²) in [5.74, 6) is 0.560. The number of alkyl halides is 1. The number of ether oxygens (including phenoxy) is 2. The molecule has 1 rings (SSSR count). The molecule has 1 aliphatic heterocycles. The maximum atomic E-state index is 5.43. The smallest absolute Gasteiger partial charge is 0.0834 e. The third-order valence-electron chi connectivity index (χ3n) is 1.57. The summed E-state index contributed by atoms with van der Waals surface area (Å²) in [6, 6.07) is 0. The molecule has 1 atom stereocenters. The Hall–Kier alpha value is -0.0500. The molecule has 2 nitrogen and oxygen atoms in total. The van der Waals surface area contributed by atoms with Crippen molar-refractivity contribution in [2.45, 2.75) is 12.5 Å². The van der Waals surface area contributed by atoms with Crippen LogP contribution in [0.4, 0.5) is 0 Å². The third kappa shape index (κ3) is 3.75. The van der Waals surface area contributed by atoms with Gasteiger partial charge in [-0.25, -0.2) is 0 Å². The first-order valence-electron chi connectivity index (χ1n) is 3.84. The second kappa shape index (κ2) is 5.58. The highest BCUT2D eigenvalue weighted by Crippen LogP contribution is 2.07. The second-order valence-electron chi connectivity index (χ2n) is 2.44. The van der Waals surface area contributed by atoms with Crippen molar-refractivity contribution in [2.24, 2.45) is 0 Å². The molecular formula is C8H13ClO2. The van der Waals surface area contributed by atoms with Gasteiger partial charge in [0.2, 0.25) is 0 Å². The van der Waals surface area contributed by atoms with Crippen LogP contribution < -0.4 is 0 Å². The van der Waals surface area contributed by atoms with Gasteiger partial charge in [-0.05, 0) is 6.42 Å². The lowest BCUT2D eigenvalue weighted by atomic mass is 10.3. The van der Waals surface area contributed by atoms with E-state index in [1.807, 2.05) is 12.2 Å². The van der Waals surface area contributed by atoms with Gasteiger partial charge in [0.15, 0.2) is 0 Å². The zero-order valence-electron chi connectivity index (χ0n) is 6.46. The van der Waals surface area contributed by atoms with Gasteiger partial charge in [-0.3, -0.25) is 0 Å². The van der Waals surface area contributed by atoms with Crippen LogP contribution in [0.2, 0.25) is 0 Å². The molecule has 0 saturated carbocycles. The Morgan fingerprint density at radius 2 is 2.45 bits per heavy atom. The Balaban J connectivity index is 1.97. The van der Waals surface area contributed by atoms with Crippen LogP contribution in [0.15, 0.2) is 12.2 Å². The van der Waals surface area contributed by atoms with Gasteiger partial charge in [-0.1, -0.05) is 12.2 Å². The summed E-state index contributed by atoms with van der Waals surface area (Å²) in [4.78, 5) is 0. The molecule has 1 aliphatic rings. The van der Waals surface area contributed by atoms with Crippen molar-refractivity contribution in [1.29, 1.82) is 0 Å².